The Balaban J connectivity index is 2.27. The molecular formula is C46H88O10. The van der Waals surface area contributed by atoms with Crippen LogP contribution in [0.3, 0.4) is 0 Å². The van der Waals surface area contributed by atoms with Crippen molar-refractivity contribution in [1.29, 1.82) is 0 Å². The van der Waals surface area contributed by atoms with Gasteiger partial charge in [-0.15, -0.1) is 0 Å². The molecule has 56 heavy (non-hydrogen) atoms. The van der Waals surface area contributed by atoms with Crippen molar-refractivity contribution in [2.24, 2.45) is 0 Å². The first-order valence-electron chi connectivity index (χ1n) is 23.6. The summed E-state index contributed by atoms with van der Waals surface area (Å²) in [5.41, 5.74) is 0. The summed E-state index contributed by atoms with van der Waals surface area (Å²) in [4.78, 5) is 25.3. The molecule has 0 aromatic heterocycles. The number of aliphatic hydroxyl groups excluding tert-OH is 4. The van der Waals surface area contributed by atoms with Gasteiger partial charge in [0.2, 0.25) is 0 Å². The lowest BCUT2D eigenvalue weighted by Crippen LogP contribution is -2.59. The summed E-state index contributed by atoms with van der Waals surface area (Å²) in [6.07, 6.45) is 31.1. The zero-order valence-corrected chi connectivity index (χ0v) is 36.2. The molecule has 0 aromatic carbocycles. The Kier molecular flexibility index (Phi) is 35.7. The third-order valence-corrected chi connectivity index (χ3v) is 11.2. The zero-order valence-electron chi connectivity index (χ0n) is 36.2. The van der Waals surface area contributed by atoms with Gasteiger partial charge in [0, 0.05) is 12.8 Å². The van der Waals surface area contributed by atoms with E-state index < -0.39 is 49.4 Å². The van der Waals surface area contributed by atoms with Gasteiger partial charge in [-0.1, -0.05) is 200 Å². The molecule has 0 radical (unpaired) electrons. The predicted molar refractivity (Wildman–Crippen MR) is 224 cm³/mol. The maximum atomic E-state index is 12.8. The van der Waals surface area contributed by atoms with Crippen molar-refractivity contribution in [2.45, 2.75) is 263 Å². The largest absolute Gasteiger partial charge is 0.462 e. The van der Waals surface area contributed by atoms with E-state index in [1.807, 2.05) is 0 Å². The van der Waals surface area contributed by atoms with Gasteiger partial charge in [-0.05, 0) is 12.8 Å². The maximum absolute atomic E-state index is 12.8. The van der Waals surface area contributed by atoms with Crippen LogP contribution in [0, 0.1) is 0 Å². The van der Waals surface area contributed by atoms with Crippen LogP contribution in [0.4, 0.5) is 0 Å². The van der Waals surface area contributed by atoms with Crippen molar-refractivity contribution in [3.63, 3.8) is 0 Å². The Morgan fingerprint density at radius 3 is 1.21 bits per heavy atom. The minimum atomic E-state index is -1.59. The number of carbonyl (C=O) groups excluding carboxylic acids is 2. The monoisotopic (exact) mass is 801 g/mol. The molecule has 6 atom stereocenters. The van der Waals surface area contributed by atoms with Crippen LogP contribution in [-0.2, 0) is 28.5 Å². The van der Waals surface area contributed by atoms with Gasteiger partial charge in [0.05, 0.1) is 13.2 Å². The highest BCUT2D eigenvalue weighted by molar-refractivity contribution is 5.70. The van der Waals surface area contributed by atoms with Crippen LogP contribution in [0.2, 0.25) is 0 Å². The van der Waals surface area contributed by atoms with E-state index in [4.69, 9.17) is 18.9 Å². The van der Waals surface area contributed by atoms with Crippen LogP contribution in [0.15, 0.2) is 0 Å². The normalized spacial score (nSPS) is 20.3. The minimum Gasteiger partial charge on any atom is -0.462 e. The second-order valence-electron chi connectivity index (χ2n) is 16.6. The van der Waals surface area contributed by atoms with Crippen LogP contribution < -0.4 is 0 Å². The number of carbonyl (C=O) groups is 2. The van der Waals surface area contributed by atoms with Gasteiger partial charge in [0.1, 0.15) is 31.0 Å². The molecule has 0 spiro atoms. The molecule has 4 N–H and O–H groups in total. The number of ether oxygens (including phenoxy) is 4. The molecule has 1 aliphatic heterocycles. The van der Waals surface area contributed by atoms with Crippen molar-refractivity contribution < 1.29 is 49.0 Å². The summed E-state index contributed by atoms with van der Waals surface area (Å²) < 4.78 is 22.2. The van der Waals surface area contributed by atoms with Gasteiger partial charge in [-0.2, -0.15) is 0 Å². The number of esters is 2. The molecular weight excluding hydrogens is 712 g/mol. The van der Waals surface area contributed by atoms with E-state index in [1.54, 1.807) is 0 Å². The lowest BCUT2D eigenvalue weighted by molar-refractivity contribution is -0.305. The smallest absolute Gasteiger partial charge is 0.306 e. The minimum absolute atomic E-state index is 0.209. The number of aliphatic hydroxyl groups is 4. The maximum Gasteiger partial charge on any atom is 0.306 e. The third-order valence-electron chi connectivity index (χ3n) is 11.2. The highest BCUT2D eigenvalue weighted by atomic mass is 16.7. The molecule has 1 heterocycles. The fraction of sp³-hybridized carbons (Fsp3) is 0.957. The molecule has 1 aliphatic rings. The first-order valence-corrected chi connectivity index (χ1v) is 23.6. The fourth-order valence-corrected chi connectivity index (χ4v) is 7.48. The van der Waals surface area contributed by atoms with E-state index in [9.17, 15) is 30.0 Å². The number of rotatable bonds is 40. The molecule has 2 unspecified atom stereocenters. The Hall–Kier alpha value is -1.30. The number of unbranched alkanes of at least 4 members (excludes halogenated alkanes) is 29. The molecule has 332 valence electrons. The first-order chi connectivity index (χ1) is 27.3. The summed E-state index contributed by atoms with van der Waals surface area (Å²) >= 11 is 0. The summed E-state index contributed by atoms with van der Waals surface area (Å²) in [6, 6.07) is 0. The van der Waals surface area contributed by atoms with Crippen molar-refractivity contribution in [3.05, 3.63) is 0 Å². The van der Waals surface area contributed by atoms with Gasteiger partial charge in [0.15, 0.2) is 12.4 Å². The quantitative estimate of drug-likeness (QED) is 0.0348. The highest BCUT2D eigenvalue weighted by Gasteiger charge is 2.44. The van der Waals surface area contributed by atoms with Crippen molar-refractivity contribution in [3.8, 4) is 0 Å². The Labute approximate surface area is 342 Å². The predicted octanol–water partition coefficient (Wildman–Crippen LogP) is 10.2. The van der Waals surface area contributed by atoms with E-state index in [0.29, 0.717) is 6.42 Å². The molecule has 1 rings (SSSR count). The molecule has 1 fully saturated rings. The second-order valence-corrected chi connectivity index (χ2v) is 16.6. The van der Waals surface area contributed by atoms with E-state index >= 15 is 0 Å². The second kappa shape index (κ2) is 37.9. The molecule has 0 aliphatic carbocycles. The summed E-state index contributed by atoms with van der Waals surface area (Å²) in [6.45, 7) is 3.46. The fourth-order valence-electron chi connectivity index (χ4n) is 7.48. The van der Waals surface area contributed by atoms with Crippen LogP contribution >= 0.6 is 0 Å². The Bertz CT molecular complexity index is 886. The lowest BCUT2D eigenvalue weighted by Gasteiger charge is -2.39. The summed E-state index contributed by atoms with van der Waals surface area (Å²) in [7, 11) is 0. The Morgan fingerprint density at radius 1 is 0.482 bits per heavy atom. The number of hydrogen-bond acceptors (Lipinski definition) is 10. The molecule has 0 bridgehead atoms. The van der Waals surface area contributed by atoms with Crippen LogP contribution in [0.25, 0.3) is 0 Å². The SMILES string of the molecule is CCCCCCCCCCCCCCCCCCCCC(=O)OC[C@@H](CO[C@H]1O[C@@H](CO)[C@@H](O)C(O)C1O)OC(=O)CCCCCCCCCCCCCCC. The number of hydrogen-bond donors (Lipinski definition) is 4. The Morgan fingerprint density at radius 2 is 0.839 bits per heavy atom. The van der Waals surface area contributed by atoms with Crippen LogP contribution in [0.5, 0.6) is 0 Å². The van der Waals surface area contributed by atoms with Crippen LogP contribution in [0.1, 0.15) is 226 Å². The average Bonchev–Trinajstić information content (AvgIpc) is 3.19. The van der Waals surface area contributed by atoms with Gasteiger partial charge < -0.3 is 39.4 Å². The van der Waals surface area contributed by atoms with Crippen molar-refractivity contribution in [2.75, 3.05) is 19.8 Å². The molecule has 1 saturated heterocycles. The molecule has 0 amide bonds. The molecule has 10 heteroatoms. The van der Waals surface area contributed by atoms with Crippen molar-refractivity contribution in [1.82, 2.24) is 0 Å². The first kappa shape index (κ1) is 52.7. The molecule has 10 nitrogen and oxygen atoms in total. The van der Waals surface area contributed by atoms with Gasteiger partial charge in [-0.25, -0.2) is 0 Å². The zero-order chi connectivity index (χ0) is 40.9. The van der Waals surface area contributed by atoms with E-state index in [-0.39, 0.29) is 32.0 Å². The van der Waals surface area contributed by atoms with Gasteiger partial charge in [0.25, 0.3) is 0 Å². The summed E-state index contributed by atoms with van der Waals surface area (Å²) in [5.74, 6) is -0.790. The van der Waals surface area contributed by atoms with Crippen molar-refractivity contribution >= 4 is 11.9 Å². The lowest BCUT2D eigenvalue weighted by atomic mass is 9.99. The average molecular weight is 801 g/mol. The topological polar surface area (TPSA) is 152 Å². The van der Waals surface area contributed by atoms with Crippen LogP contribution in [-0.4, -0.2) is 89.0 Å². The van der Waals surface area contributed by atoms with E-state index in [1.165, 1.54) is 154 Å². The summed E-state index contributed by atoms with van der Waals surface area (Å²) in [5, 5.41) is 40.1. The highest BCUT2D eigenvalue weighted by Crippen LogP contribution is 2.23. The van der Waals surface area contributed by atoms with Gasteiger partial charge >= 0.3 is 11.9 Å². The van der Waals surface area contributed by atoms with Gasteiger partial charge in [-0.3, -0.25) is 9.59 Å². The molecule has 0 aromatic rings. The van der Waals surface area contributed by atoms with E-state index in [2.05, 4.69) is 13.8 Å². The van der Waals surface area contributed by atoms with E-state index in [0.717, 1.165) is 38.5 Å². The standard InChI is InChI=1S/C46H88O10/c1-3-5-7-9-11-13-15-17-18-19-20-21-23-24-26-28-30-32-34-41(48)53-37-39(38-54-46-45(52)44(51)43(50)40(36-47)56-46)55-42(49)35-33-31-29-27-25-22-16-14-12-10-8-6-4-2/h39-40,43-47,50-52H,3-38H2,1-2H3/t39-,40-,43+,44?,45?,46-/m0/s1. The molecule has 0 saturated carbocycles. The third kappa shape index (κ3) is 29.0.